The van der Waals surface area contributed by atoms with E-state index >= 15 is 0 Å². The van der Waals surface area contributed by atoms with Crippen LogP contribution in [0.25, 0.3) is 11.1 Å². The number of oxazole rings is 1. The molecular formula is C23H27N3O3S. The number of hydrogen-bond donors (Lipinski definition) is 0. The number of anilines is 1. The molecule has 2 saturated heterocycles. The number of aromatic nitrogens is 1. The van der Waals surface area contributed by atoms with Crippen LogP contribution in [0.15, 0.2) is 46.2 Å². The quantitative estimate of drug-likeness (QED) is 0.589. The van der Waals surface area contributed by atoms with Crippen molar-refractivity contribution in [2.24, 2.45) is 5.92 Å². The first-order valence-electron chi connectivity index (χ1n) is 10.8. The van der Waals surface area contributed by atoms with Gasteiger partial charge in [-0.3, -0.25) is 4.79 Å². The van der Waals surface area contributed by atoms with Crippen molar-refractivity contribution < 1.29 is 13.9 Å². The highest BCUT2D eigenvalue weighted by Crippen LogP contribution is 2.28. The molecular weight excluding hydrogens is 398 g/mol. The average molecular weight is 426 g/mol. The number of fused-ring (bicyclic) bond motifs is 1. The molecule has 2 aliphatic rings. The van der Waals surface area contributed by atoms with Gasteiger partial charge in [0.2, 0.25) is 5.91 Å². The lowest BCUT2D eigenvalue weighted by atomic mass is 9.95. The predicted octanol–water partition coefficient (Wildman–Crippen LogP) is 4.31. The van der Waals surface area contributed by atoms with E-state index in [0.717, 1.165) is 56.5 Å². The molecule has 2 fully saturated rings. The van der Waals surface area contributed by atoms with Crippen molar-refractivity contribution in [3.63, 3.8) is 0 Å². The maximum absolute atomic E-state index is 13.4. The van der Waals surface area contributed by atoms with E-state index in [-0.39, 0.29) is 17.9 Å². The lowest BCUT2D eigenvalue weighted by Crippen LogP contribution is -2.44. The van der Waals surface area contributed by atoms with Gasteiger partial charge in [-0.2, -0.15) is 4.98 Å². The second-order valence-corrected chi connectivity index (χ2v) is 9.19. The van der Waals surface area contributed by atoms with E-state index in [0.29, 0.717) is 19.1 Å². The third-order valence-corrected chi connectivity index (χ3v) is 6.94. The highest BCUT2D eigenvalue weighted by molar-refractivity contribution is 7.09. The number of rotatable bonds is 6. The number of thiophene rings is 1. The van der Waals surface area contributed by atoms with Crippen molar-refractivity contribution in [2.45, 2.75) is 38.3 Å². The zero-order chi connectivity index (χ0) is 20.3. The Hall–Kier alpha value is -2.38. The Morgan fingerprint density at radius 3 is 2.77 bits per heavy atom. The Morgan fingerprint density at radius 2 is 2.03 bits per heavy atom. The molecule has 0 N–H and O–H groups in total. The Morgan fingerprint density at radius 1 is 1.17 bits per heavy atom. The largest absolute Gasteiger partial charge is 0.423 e. The summed E-state index contributed by atoms with van der Waals surface area (Å²) < 4.78 is 11.7. The van der Waals surface area contributed by atoms with Crippen LogP contribution < -0.4 is 4.90 Å². The summed E-state index contributed by atoms with van der Waals surface area (Å²) in [4.78, 5) is 23.4. The maximum atomic E-state index is 13.4. The van der Waals surface area contributed by atoms with Gasteiger partial charge >= 0.3 is 0 Å². The molecule has 2 aliphatic heterocycles. The van der Waals surface area contributed by atoms with E-state index in [9.17, 15) is 4.79 Å². The second-order valence-electron chi connectivity index (χ2n) is 8.16. The zero-order valence-electron chi connectivity index (χ0n) is 17.0. The number of carbonyl (C=O) groups is 1. The normalized spacial score (nSPS) is 20.1. The zero-order valence-corrected chi connectivity index (χ0v) is 17.9. The van der Waals surface area contributed by atoms with Crippen LogP contribution in [0, 0.1) is 5.92 Å². The molecule has 158 valence electrons. The smallest absolute Gasteiger partial charge is 0.298 e. The van der Waals surface area contributed by atoms with E-state index < -0.39 is 0 Å². The first kappa shape index (κ1) is 19.6. The molecule has 0 bridgehead atoms. The number of para-hydroxylation sites is 2. The van der Waals surface area contributed by atoms with Crippen molar-refractivity contribution in [3.8, 4) is 0 Å². The van der Waals surface area contributed by atoms with Gasteiger partial charge in [-0.1, -0.05) is 18.2 Å². The maximum Gasteiger partial charge on any atom is 0.298 e. The Labute approximate surface area is 180 Å². The van der Waals surface area contributed by atoms with Crippen molar-refractivity contribution in [1.82, 2.24) is 9.88 Å². The van der Waals surface area contributed by atoms with E-state index in [1.54, 1.807) is 11.3 Å². The number of benzene rings is 1. The summed E-state index contributed by atoms with van der Waals surface area (Å²) in [5.74, 6) is 0.308. The highest BCUT2D eigenvalue weighted by atomic mass is 32.1. The van der Waals surface area contributed by atoms with Crippen LogP contribution in [0.5, 0.6) is 0 Å². The van der Waals surface area contributed by atoms with Gasteiger partial charge in [-0.15, -0.1) is 11.3 Å². The van der Waals surface area contributed by atoms with Gasteiger partial charge in [-0.05, 0) is 49.3 Å². The molecule has 0 saturated carbocycles. The molecule has 30 heavy (non-hydrogen) atoms. The fraction of sp³-hybridized carbons (Fsp3) is 0.478. The summed E-state index contributed by atoms with van der Waals surface area (Å²) in [6.45, 7) is 3.77. The van der Waals surface area contributed by atoms with Gasteiger partial charge in [0.25, 0.3) is 6.01 Å². The lowest BCUT2D eigenvalue weighted by Gasteiger charge is -2.34. The van der Waals surface area contributed by atoms with Crippen LogP contribution in [0.1, 0.15) is 30.6 Å². The summed E-state index contributed by atoms with van der Waals surface area (Å²) in [7, 11) is 0. The summed E-state index contributed by atoms with van der Waals surface area (Å²) >= 11 is 1.71. The summed E-state index contributed by atoms with van der Waals surface area (Å²) in [6.07, 6.45) is 3.96. The standard InChI is InChI=1S/C23H27N3O3S/c27-22(26(15-18-5-3-13-28-18)16-19-6-4-14-30-19)17-9-11-25(12-10-17)23-24-20-7-1-2-8-21(20)29-23/h1-2,4,6-8,14,17-18H,3,5,9-13,15-16H2. The van der Waals surface area contributed by atoms with E-state index in [1.165, 1.54) is 4.88 Å². The topological polar surface area (TPSA) is 58.8 Å². The van der Waals surface area contributed by atoms with E-state index in [1.807, 2.05) is 35.2 Å². The minimum atomic E-state index is 0.0481. The number of piperidine rings is 1. The third-order valence-electron chi connectivity index (χ3n) is 6.08. The number of carbonyl (C=O) groups excluding carboxylic acids is 1. The van der Waals surface area contributed by atoms with Gasteiger partial charge in [0.15, 0.2) is 5.58 Å². The molecule has 7 heteroatoms. The Bertz CT molecular complexity index is 940. The molecule has 1 amide bonds. The second kappa shape index (κ2) is 8.78. The fourth-order valence-electron chi connectivity index (χ4n) is 4.43. The van der Waals surface area contributed by atoms with Crippen molar-refractivity contribution in [2.75, 3.05) is 31.1 Å². The first-order chi connectivity index (χ1) is 14.8. The molecule has 3 aromatic rings. The van der Waals surface area contributed by atoms with E-state index in [4.69, 9.17) is 9.15 Å². The van der Waals surface area contributed by atoms with E-state index in [2.05, 4.69) is 21.3 Å². The van der Waals surface area contributed by atoms with Crippen molar-refractivity contribution in [1.29, 1.82) is 0 Å². The van der Waals surface area contributed by atoms with Gasteiger partial charge in [0.1, 0.15) is 5.52 Å². The monoisotopic (exact) mass is 425 g/mol. The highest BCUT2D eigenvalue weighted by Gasteiger charge is 2.32. The molecule has 5 rings (SSSR count). The molecule has 6 nitrogen and oxygen atoms in total. The van der Waals surface area contributed by atoms with Gasteiger partial charge in [0, 0.05) is 37.0 Å². The van der Waals surface area contributed by atoms with Crippen LogP contribution in [0.4, 0.5) is 6.01 Å². The Balaban J connectivity index is 1.24. The van der Waals surface area contributed by atoms with Crippen LogP contribution in [0.2, 0.25) is 0 Å². The summed E-state index contributed by atoms with van der Waals surface area (Å²) in [5.41, 5.74) is 1.69. The summed E-state index contributed by atoms with van der Waals surface area (Å²) in [5, 5.41) is 2.07. The molecule has 1 aromatic carbocycles. The molecule has 2 aromatic heterocycles. The first-order valence-corrected chi connectivity index (χ1v) is 11.7. The molecule has 0 aliphatic carbocycles. The van der Waals surface area contributed by atoms with Crippen LogP contribution in [-0.2, 0) is 16.1 Å². The van der Waals surface area contributed by atoms with Gasteiger partial charge in [0.05, 0.1) is 12.6 Å². The summed E-state index contributed by atoms with van der Waals surface area (Å²) in [6, 6.07) is 12.6. The number of hydrogen-bond acceptors (Lipinski definition) is 6. The number of nitrogens with zero attached hydrogens (tertiary/aromatic N) is 3. The fourth-order valence-corrected chi connectivity index (χ4v) is 5.15. The molecule has 4 heterocycles. The Kier molecular flexibility index (Phi) is 5.73. The predicted molar refractivity (Wildman–Crippen MR) is 118 cm³/mol. The molecule has 1 atom stereocenters. The average Bonchev–Trinajstić information content (AvgIpc) is 3.54. The van der Waals surface area contributed by atoms with Gasteiger partial charge < -0.3 is 19.0 Å². The van der Waals surface area contributed by atoms with Crippen molar-refractivity contribution >= 4 is 34.4 Å². The SMILES string of the molecule is O=C(C1CCN(c2nc3ccccc3o2)CC1)N(Cc1cccs1)CC1CCCO1. The minimum Gasteiger partial charge on any atom is -0.423 e. The number of amides is 1. The minimum absolute atomic E-state index is 0.0481. The third kappa shape index (κ3) is 4.23. The molecule has 1 unspecified atom stereocenters. The van der Waals surface area contributed by atoms with Crippen LogP contribution in [-0.4, -0.2) is 48.1 Å². The molecule has 0 radical (unpaired) electrons. The van der Waals surface area contributed by atoms with Gasteiger partial charge in [-0.25, -0.2) is 0 Å². The molecule has 0 spiro atoms. The van der Waals surface area contributed by atoms with Crippen LogP contribution in [0.3, 0.4) is 0 Å². The lowest BCUT2D eigenvalue weighted by molar-refractivity contribution is -0.138. The van der Waals surface area contributed by atoms with Crippen molar-refractivity contribution in [3.05, 3.63) is 46.7 Å². The number of ether oxygens (including phenoxy) is 1. The van der Waals surface area contributed by atoms with Crippen LogP contribution >= 0.6 is 11.3 Å².